The quantitative estimate of drug-likeness (QED) is 0.785. The van der Waals surface area contributed by atoms with Gasteiger partial charge in [-0.25, -0.2) is 14.4 Å². The van der Waals surface area contributed by atoms with E-state index in [-0.39, 0.29) is 18.3 Å². The van der Waals surface area contributed by atoms with Gasteiger partial charge in [-0.15, -0.1) is 0 Å². The van der Waals surface area contributed by atoms with E-state index < -0.39 is 0 Å². The lowest BCUT2D eigenvalue weighted by atomic mass is 10.2. The highest BCUT2D eigenvalue weighted by molar-refractivity contribution is 6.06. The zero-order chi connectivity index (χ0) is 17.9. The van der Waals surface area contributed by atoms with Crippen molar-refractivity contribution in [3.8, 4) is 0 Å². The predicted octanol–water partition coefficient (Wildman–Crippen LogP) is 3.43. The predicted molar refractivity (Wildman–Crippen MR) is 97.6 cm³/mol. The number of amides is 1. The van der Waals surface area contributed by atoms with Gasteiger partial charge in [0.2, 0.25) is 5.95 Å². The van der Waals surface area contributed by atoms with E-state index in [1.807, 2.05) is 24.3 Å². The van der Waals surface area contributed by atoms with Crippen molar-refractivity contribution < 1.29 is 9.18 Å². The van der Waals surface area contributed by atoms with Crippen molar-refractivity contribution in [1.82, 2.24) is 9.97 Å². The van der Waals surface area contributed by atoms with Gasteiger partial charge < -0.3 is 10.2 Å². The van der Waals surface area contributed by atoms with Crippen LogP contribution in [-0.2, 0) is 13.0 Å². The van der Waals surface area contributed by atoms with Crippen molar-refractivity contribution in [2.75, 3.05) is 16.8 Å². The maximum atomic E-state index is 13.7. The van der Waals surface area contributed by atoms with Crippen molar-refractivity contribution in [2.45, 2.75) is 13.0 Å². The second-order valence-electron chi connectivity index (χ2n) is 6.05. The number of hydrogen-bond acceptors (Lipinski definition) is 4. The fraction of sp³-hybridized carbons (Fsp3) is 0.150. The van der Waals surface area contributed by atoms with Gasteiger partial charge >= 0.3 is 0 Å². The summed E-state index contributed by atoms with van der Waals surface area (Å²) in [6.45, 7) is 0.886. The number of benzene rings is 2. The Morgan fingerprint density at radius 2 is 1.92 bits per heavy atom. The molecule has 6 heteroatoms. The molecule has 0 fully saturated rings. The molecule has 4 rings (SSSR count). The Balaban J connectivity index is 1.51. The maximum absolute atomic E-state index is 13.7. The van der Waals surface area contributed by atoms with Crippen LogP contribution in [0.15, 0.2) is 60.8 Å². The molecular formula is C20H17FN4O. The van der Waals surface area contributed by atoms with Gasteiger partial charge in [-0.05, 0) is 30.2 Å². The van der Waals surface area contributed by atoms with E-state index in [1.54, 1.807) is 29.2 Å². The first-order chi connectivity index (χ1) is 12.7. The molecule has 2 aromatic carbocycles. The lowest BCUT2D eigenvalue weighted by Gasteiger charge is -2.17. The highest BCUT2D eigenvalue weighted by atomic mass is 19.1. The number of nitrogens with zero attached hydrogens (tertiary/aromatic N) is 3. The van der Waals surface area contributed by atoms with Gasteiger partial charge in [-0.2, -0.15) is 0 Å². The summed E-state index contributed by atoms with van der Waals surface area (Å²) in [4.78, 5) is 23.0. The normalized spacial score (nSPS) is 12.7. The standard InChI is InChI=1S/C20H17FN4O/c21-16-7-3-1-6-15(16)13-23-20-22-11-9-17(24-20)19(26)25-12-10-14-5-2-4-8-18(14)25/h1-9,11H,10,12-13H2,(H,22,23,24). The molecule has 2 heterocycles. The van der Waals surface area contributed by atoms with Gasteiger partial charge in [0.1, 0.15) is 11.5 Å². The Kier molecular flexibility index (Phi) is 4.31. The minimum absolute atomic E-state index is 0.161. The van der Waals surface area contributed by atoms with E-state index in [2.05, 4.69) is 15.3 Å². The molecule has 0 radical (unpaired) electrons. The molecule has 0 saturated carbocycles. The molecule has 0 saturated heterocycles. The smallest absolute Gasteiger partial charge is 0.277 e. The molecule has 1 aromatic heterocycles. The molecule has 5 nitrogen and oxygen atoms in total. The molecule has 130 valence electrons. The largest absolute Gasteiger partial charge is 0.350 e. The molecule has 0 atom stereocenters. The topological polar surface area (TPSA) is 58.1 Å². The van der Waals surface area contributed by atoms with Crippen molar-refractivity contribution in [3.63, 3.8) is 0 Å². The van der Waals surface area contributed by atoms with E-state index in [4.69, 9.17) is 0 Å². The number of carbonyl (C=O) groups is 1. The monoisotopic (exact) mass is 348 g/mol. The third-order valence-corrected chi connectivity index (χ3v) is 4.40. The van der Waals surface area contributed by atoms with Crippen LogP contribution in [0.4, 0.5) is 16.0 Å². The van der Waals surface area contributed by atoms with Crippen LogP contribution in [0.5, 0.6) is 0 Å². The summed E-state index contributed by atoms with van der Waals surface area (Å²) in [5.74, 6) is -0.154. The first-order valence-corrected chi connectivity index (χ1v) is 8.42. The van der Waals surface area contributed by atoms with Crippen LogP contribution in [0, 0.1) is 5.82 Å². The number of rotatable bonds is 4. The lowest BCUT2D eigenvalue weighted by molar-refractivity contribution is 0.0984. The first kappa shape index (κ1) is 16.2. The molecule has 1 N–H and O–H groups in total. The highest BCUT2D eigenvalue weighted by Crippen LogP contribution is 2.28. The van der Waals surface area contributed by atoms with Gasteiger partial charge in [0.15, 0.2) is 0 Å². The van der Waals surface area contributed by atoms with E-state index >= 15 is 0 Å². The molecule has 26 heavy (non-hydrogen) atoms. The number of hydrogen-bond donors (Lipinski definition) is 1. The average molecular weight is 348 g/mol. The van der Waals surface area contributed by atoms with Gasteiger partial charge in [-0.3, -0.25) is 4.79 Å². The number of carbonyl (C=O) groups excluding carboxylic acids is 1. The number of para-hydroxylation sites is 1. The van der Waals surface area contributed by atoms with E-state index in [9.17, 15) is 9.18 Å². The molecule has 0 unspecified atom stereocenters. The summed E-state index contributed by atoms with van der Waals surface area (Å²) in [7, 11) is 0. The van der Waals surface area contributed by atoms with Gasteiger partial charge in [0.25, 0.3) is 5.91 Å². The SMILES string of the molecule is O=C(c1ccnc(NCc2ccccc2F)n1)N1CCc2ccccc21. The summed E-state index contributed by atoms with van der Waals surface area (Å²) >= 11 is 0. The molecule has 0 aliphatic carbocycles. The highest BCUT2D eigenvalue weighted by Gasteiger charge is 2.26. The maximum Gasteiger partial charge on any atom is 0.277 e. The second-order valence-corrected chi connectivity index (χ2v) is 6.05. The first-order valence-electron chi connectivity index (χ1n) is 8.42. The Labute approximate surface area is 150 Å². The average Bonchev–Trinajstić information content (AvgIpc) is 3.11. The summed E-state index contributed by atoms with van der Waals surface area (Å²) in [5.41, 5.74) is 2.92. The van der Waals surface area contributed by atoms with Crippen LogP contribution in [0.3, 0.4) is 0 Å². The van der Waals surface area contributed by atoms with Crippen molar-refractivity contribution in [1.29, 1.82) is 0 Å². The van der Waals surface area contributed by atoms with Crippen LogP contribution >= 0.6 is 0 Å². The summed E-state index contributed by atoms with van der Waals surface area (Å²) in [6.07, 6.45) is 2.37. The number of anilines is 2. The Morgan fingerprint density at radius 3 is 2.81 bits per heavy atom. The molecule has 1 amide bonds. The third-order valence-electron chi connectivity index (χ3n) is 4.40. The minimum Gasteiger partial charge on any atom is -0.350 e. The third kappa shape index (κ3) is 3.13. The summed E-state index contributed by atoms with van der Waals surface area (Å²) < 4.78 is 13.7. The molecule has 0 bridgehead atoms. The second kappa shape index (κ2) is 6.92. The van der Waals surface area contributed by atoms with Crippen LogP contribution in [-0.4, -0.2) is 22.4 Å². The van der Waals surface area contributed by atoms with E-state index in [0.29, 0.717) is 23.8 Å². The zero-order valence-electron chi connectivity index (χ0n) is 14.0. The molecule has 1 aliphatic heterocycles. The van der Waals surface area contributed by atoms with Crippen molar-refractivity contribution in [3.05, 3.63) is 83.4 Å². The summed E-state index contributed by atoms with van der Waals surface area (Å²) in [6, 6.07) is 16.0. The van der Waals surface area contributed by atoms with Gasteiger partial charge in [0, 0.05) is 30.5 Å². The number of halogens is 1. The van der Waals surface area contributed by atoms with Gasteiger partial charge in [0.05, 0.1) is 0 Å². The molecule has 3 aromatic rings. The van der Waals surface area contributed by atoms with E-state index in [1.165, 1.54) is 12.3 Å². The minimum atomic E-state index is -0.291. The number of aromatic nitrogens is 2. The fourth-order valence-corrected chi connectivity index (χ4v) is 3.07. The molecular weight excluding hydrogens is 331 g/mol. The van der Waals surface area contributed by atoms with Crippen LogP contribution in [0.25, 0.3) is 0 Å². The van der Waals surface area contributed by atoms with Crippen LogP contribution in [0.2, 0.25) is 0 Å². The van der Waals surface area contributed by atoms with Gasteiger partial charge in [-0.1, -0.05) is 36.4 Å². The number of fused-ring (bicyclic) bond motifs is 1. The fourth-order valence-electron chi connectivity index (χ4n) is 3.07. The Bertz CT molecular complexity index is 960. The summed E-state index contributed by atoms with van der Waals surface area (Å²) in [5, 5.41) is 2.97. The van der Waals surface area contributed by atoms with Crippen molar-refractivity contribution in [2.24, 2.45) is 0 Å². The molecule has 0 spiro atoms. The molecule has 1 aliphatic rings. The lowest BCUT2D eigenvalue weighted by Crippen LogP contribution is -2.29. The van der Waals surface area contributed by atoms with Crippen LogP contribution in [0.1, 0.15) is 21.6 Å². The van der Waals surface area contributed by atoms with E-state index in [0.717, 1.165) is 17.7 Å². The van der Waals surface area contributed by atoms with Crippen molar-refractivity contribution >= 4 is 17.5 Å². The number of nitrogens with one attached hydrogen (secondary N) is 1. The Hall–Kier alpha value is -3.28. The van der Waals surface area contributed by atoms with Crippen LogP contribution < -0.4 is 10.2 Å². The Morgan fingerprint density at radius 1 is 1.12 bits per heavy atom. The zero-order valence-corrected chi connectivity index (χ0v) is 14.0.